The molecule has 0 aromatic carbocycles. The lowest BCUT2D eigenvalue weighted by atomic mass is 9.97. The van der Waals surface area contributed by atoms with Crippen LogP contribution in [0.1, 0.15) is 19.8 Å². The van der Waals surface area contributed by atoms with E-state index < -0.39 is 0 Å². The summed E-state index contributed by atoms with van der Waals surface area (Å²) in [6, 6.07) is 0. The van der Waals surface area contributed by atoms with Gasteiger partial charge in [0.25, 0.3) is 0 Å². The second kappa shape index (κ2) is 7.53. The Morgan fingerprint density at radius 3 is 2.67 bits per heavy atom. The SMILES string of the molecule is CSCC(C)CNCC1CCN(C)CC1. The summed E-state index contributed by atoms with van der Waals surface area (Å²) in [5.74, 6) is 3.01. The normalized spacial score (nSPS) is 21.8. The fourth-order valence-electron chi connectivity index (χ4n) is 2.14. The third kappa shape index (κ3) is 5.79. The highest BCUT2D eigenvalue weighted by Crippen LogP contribution is 2.14. The molecule has 0 aliphatic carbocycles. The molecule has 15 heavy (non-hydrogen) atoms. The summed E-state index contributed by atoms with van der Waals surface area (Å²) < 4.78 is 0. The molecule has 0 saturated carbocycles. The van der Waals surface area contributed by atoms with E-state index in [0.717, 1.165) is 11.8 Å². The molecule has 1 heterocycles. The highest BCUT2D eigenvalue weighted by Gasteiger charge is 2.16. The van der Waals surface area contributed by atoms with Gasteiger partial charge in [0.05, 0.1) is 0 Å². The van der Waals surface area contributed by atoms with E-state index in [9.17, 15) is 0 Å². The highest BCUT2D eigenvalue weighted by molar-refractivity contribution is 7.98. The first-order valence-electron chi connectivity index (χ1n) is 6.10. The van der Waals surface area contributed by atoms with Crippen molar-refractivity contribution in [3.8, 4) is 0 Å². The van der Waals surface area contributed by atoms with Crippen molar-refractivity contribution in [1.82, 2.24) is 10.2 Å². The Labute approximate surface area is 99.2 Å². The number of hydrogen-bond acceptors (Lipinski definition) is 3. The summed E-state index contributed by atoms with van der Waals surface area (Å²) in [5, 5.41) is 3.62. The minimum absolute atomic E-state index is 0.811. The largest absolute Gasteiger partial charge is 0.316 e. The van der Waals surface area contributed by atoms with Gasteiger partial charge in [0.2, 0.25) is 0 Å². The van der Waals surface area contributed by atoms with Crippen molar-refractivity contribution in [2.24, 2.45) is 11.8 Å². The van der Waals surface area contributed by atoms with Gasteiger partial charge in [0.1, 0.15) is 0 Å². The van der Waals surface area contributed by atoms with Gasteiger partial charge >= 0.3 is 0 Å². The van der Waals surface area contributed by atoms with Crippen LogP contribution >= 0.6 is 11.8 Å². The van der Waals surface area contributed by atoms with Crippen LogP contribution in [-0.2, 0) is 0 Å². The molecule has 0 spiro atoms. The molecule has 1 aliphatic rings. The minimum Gasteiger partial charge on any atom is -0.316 e. The Morgan fingerprint density at radius 1 is 1.40 bits per heavy atom. The topological polar surface area (TPSA) is 15.3 Å². The lowest BCUT2D eigenvalue weighted by molar-refractivity contribution is 0.215. The number of nitrogens with zero attached hydrogens (tertiary/aromatic N) is 1. The zero-order chi connectivity index (χ0) is 11.1. The number of likely N-dealkylation sites (tertiary alicyclic amines) is 1. The summed E-state index contributed by atoms with van der Waals surface area (Å²) >= 11 is 1.95. The number of hydrogen-bond donors (Lipinski definition) is 1. The fourth-order valence-corrected chi connectivity index (χ4v) is 2.83. The van der Waals surface area contributed by atoms with E-state index in [1.807, 2.05) is 11.8 Å². The first-order chi connectivity index (χ1) is 7.22. The van der Waals surface area contributed by atoms with E-state index in [0.29, 0.717) is 0 Å². The minimum atomic E-state index is 0.811. The molecule has 0 radical (unpaired) electrons. The molecule has 1 unspecified atom stereocenters. The lowest BCUT2D eigenvalue weighted by Crippen LogP contribution is -2.36. The molecule has 90 valence electrons. The average Bonchev–Trinajstić information content (AvgIpc) is 2.21. The van der Waals surface area contributed by atoms with Crippen LogP contribution in [0.3, 0.4) is 0 Å². The molecule has 1 fully saturated rings. The Kier molecular flexibility index (Phi) is 6.69. The molecule has 0 aromatic heterocycles. The average molecular weight is 230 g/mol. The van der Waals surface area contributed by atoms with Crippen molar-refractivity contribution < 1.29 is 0 Å². The Morgan fingerprint density at radius 2 is 2.07 bits per heavy atom. The van der Waals surface area contributed by atoms with E-state index in [2.05, 4.69) is 30.4 Å². The van der Waals surface area contributed by atoms with E-state index in [1.165, 1.54) is 44.8 Å². The third-order valence-electron chi connectivity index (χ3n) is 3.22. The van der Waals surface area contributed by atoms with E-state index in [1.54, 1.807) is 0 Å². The molecule has 1 rings (SSSR count). The molecule has 1 N–H and O–H groups in total. The number of piperidine rings is 1. The number of nitrogens with one attached hydrogen (secondary N) is 1. The lowest BCUT2D eigenvalue weighted by Gasteiger charge is -2.29. The van der Waals surface area contributed by atoms with Gasteiger partial charge in [-0.15, -0.1) is 0 Å². The van der Waals surface area contributed by atoms with Gasteiger partial charge in [-0.1, -0.05) is 6.92 Å². The van der Waals surface area contributed by atoms with Crippen LogP contribution in [0.5, 0.6) is 0 Å². The second-order valence-electron chi connectivity index (χ2n) is 4.97. The monoisotopic (exact) mass is 230 g/mol. The van der Waals surface area contributed by atoms with Crippen LogP contribution in [0.15, 0.2) is 0 Å². The Balaban J connectivity index is 2.00. The molecule has 1 saturated heterocycles. The molecule has 1 atom stereocenters. The van der Waals surface area contributed by atoms with Crippen LogP contribution in [0, 0.1) is 11.8 Å². The molecule has 2 nitrogen and oxygen atoms in total. The summed E-state index contributed by atoms with van der Waals surface area (Å²) in [4.78, 5) is 2.44. The fraction of sp³-hybridized carbons (Fsp3) is 1.00. The van der Waals surface area contributed by atoms with Crippen molar-refractivity contribution in [2.75, 3.05) is 45.2 Å². The van der Waals surface area contributed by atoms with Crippen molar-refractivity contribution in [3.63, 3.8) is 0 Å². The molecule has 1 aliphatic heterocycles. The zero-order valence-electron chi connectivity index (χ0n) is 10.5. The van der Waals surface area contributed by atoms with E-state index >= 15 is 0 Å². The summed E-state index contributed by atoms with van der Waals surface area (Å²) in [5.41, 5.74) is 0. The van der Waals surface area contributed by atoms with Gasteiger partial charge < -0.3 is 10.2 Å². The predicted octanol–water partition coefficient (Wildman–Crippen LogP) is 1.92. The van der Waals surface area contributed by atoms with Crippen LogP contribution in [-0.4, -0.2) is 50.1 Å². The molecule has 3 heteroatoms. The van der Waals surface area contributed by atoms with Crippen LogP contribution < -0.4 is 5.32 Å². The van der Waals surface area contributed by atoms with Crippen molar-refractivity contribution in [1.29, 1.82) is 0 Å². The van der Waals surface area contributed by atoms with Crippen molar-refractivity contribution >= 4 is 11.8 Å². The molecule has 0 amide bonds. The standard InChI is InChI=1S/C12H26N2S/c1-11(10-15-3)8-13-9-12-4-6-14(2)7-5-12/h11-13H,4-10H2,1-3H3. The highest BCUT2D eigenvalue weighted by atomic mass is 32.2. The maximum atomic E-state index is 3.62. The number of thioether (sulfide) groups is 1. The van der Waals surface area contributed by atoms with Gasteiger partial charge in [-0.2, -0.15) is 11.8 Å². The first kappa shape index (κ1) is 13.3. The zero-order valence-corrected chi connectivity index (χ0v) is 11.3. The third-order valence-corrected chi connectivity index (χ3v) is 4.12. The van der Waals surface area contributed by atoms with Gasteiger partial charge in [0.15, 0.2) is 0 Å². The Bertz CT molecular complexity index is 156. The van der Waals surface area contributed by atoms with Crippen LogP contribution in [0.25, 0.3) is 0 Å². The van der Waals surface area contributed by atoms with E-state index in [4.69, 9.17) is 0 Å². The summed E-state index contributed by atoms with van der Waals surface area (Å²) in [7, 11) is 2.23. The predicted molar refractivity (Wildman–Crippen MR) is 70.6 cm³/mol. The summed E-state index contributed by atoms with van der Waals surface area (Å²) in [6.45, 7) is 7.32. The molecule has 0 bridgehead atoms. The molecular weight excluding hydrogens is 204 g/mol. The second-order valence-corrected chi connectivity index (χ2v) is 5.88. The van der Waals surface area contributed by atoms with Crippen LogP contribution in [0.4, 0.5) is 0 Å². The van der Waals surface area contributed by atoms with Gasteiger partial charge in [0, 0.05) is 0 Å². The van der Waals surface area contributed by atoms with Gasteiger partial charge in [-0.25, -0.2) is 0 Å². The maximum Gasteiger partial charge on any atom is -0.00152 e. The first-order valence-corrected chi connectivity index (χ1v) is 7.50. The van der Waals surface area contributed by atoms with Crippen molar-refractivity contribution in [3.05, 3.63) is 0 Å². The van der Waals surface area contributed by atoms with Crippen molar-refractivity contribution in [2.45, 2.75) is 19.8 Å². The van der Waals surface area contributed by atoms with Crippen LogP contribution in [0.2, 0.25) is 0 Å². The maximum absolute atomic E-state index is 3.62. The number of rotatable bonds is 6. The quantitative estimate of drug-likeness (QED) is 0.750. The Hall–Kier alpha value is 0.270. The smallest absolute Gasteiger partial charge is 0.00152 e. The molecular formula is C12H26N2S. The summed E-state index contributed by atoms with van der Waals surface area (Å²) in [6.07, 6.45) is 4.94. The molecule has 0 aromatic rings. The van der Waals surface area contributed by atoms with Gasteiger partial charge in [-0.05, 0) is 69.9 Å². The van der Waals surface area contributed by atoms with E-state index in [-0.39, 0.29) is 0 Å². The van der Waals surface area contributed by atoms with Gasteiger partial charge in [-0.3, -0.25) is 0 Å².